The van der Waals surface area contributed by atoms with Gasteiger partial charge in [-0.2, -0.15) is 0 Å². The molecule has 28 heavy (non-hydrogen) atoms. The van der Waals surface area contributed by atoms with E-state index < -0.39 is 0 Å². The molecule has 2 aromatic carbocycles. The summed E-state index contributed by atoms with van der Waals surface area (Å²) >= 11 is 5.36. The van der Waals surface area contributed by atoms with Crippen LogP contribution in [0.25, 0.3) is 0 Å². The Hall–Kier alpha value is -2.73. The molecule has 0 aromatic heterocycles. The van der Waals surface area contributed by atoms with E-state index in [0.717, 1.165) is 24.8 Å². The summed E-state index contributed by atoms with van der Waals surface area (Å²) in [6.07, 6.45) is 3.36. The summed E-state index contributed by atoms with van der Waals surface area (Å²) in [5, 5.41) is 5.96. The molecule has 0 radical (unpaired) electrons. The van der Waals surface area contributed by atoms with Gasteiger partial charge >= 0.3 is 0 Å². The first-order valence-corrected chi connectivity index (χ1v) is 9.92. The highest BCUT2D eigenvalue weighted by Crippen LogP contribution is 2.19. The molecule has 2 N–H and O–H groups in total. The van der Waals surface area contributed by atoms with Crippen LogP contribution in [0, 0.1) is 0 Å². The van der Waals surface area contributed by atoms with Crippen LogP contribution in [-0.2, 0) is 11.3 Å². The molecule has 0 heterocycles. The van der Waals surface area contributed by atoms with Gasteiger partial charge < -0.3 is 15.5 Å². The first-order valence-electron chi connectivity index (χ1n) is 9.51. The van der Waals surface area contributed by atoms with Gasteiger partial charge in [0, 0.05) is 20.0 Å². The largest absolute Gasteiger partial charge is 0.348 e. The Morgan fingerprint density at radius 1 is 1.00 bits per heavy atom. The van der Waals surface area contributed by atoms with Gasteiger partial charge in [-0.25, -0.2) is 0 Å². The number of benzene rings is 2. The van der Waals surface area contributed by atoms with Gasteiger partial charge in [-0.1, -0.05) is 62.2 Å². The molecular formula is C22H27N3O2S. The molecule has 0 bridgehead atoms. The fourth-order valence-corrected chi connectivity index (χ4v) is 2.95. The third kappa shape index (κ3) is 6.46. The molecule has 0 aliphatic carbocycles. The Balaban J connectivity index is 2.02. The number of para-hydroxylation sites is 1. The summed E-state index contributed by atoms with van der Waals surface area (Å²) in [6, 6.07) is 16.9. The van der Waals surface area contributed by atoms with Crippen LogP contribution in [0.15, 0.2) is 54.6 Å². The van der Waals surface area contributed by atoms with E-state index in [1.165, 1.54) is 0 Å². The van der Waals surface area contributed by atoms with E-state index in [0.29, 0.717) is 24.2 Å². The first kappa shape index (κ1) is 21.6. The summed E-state index contributed by atoms with van der Waals surface area (Å²) in [5.41, 5.74) is 2.17. The molecule has 0 saturated carbocycles. The second-order valence-corrected chi connectivity index (χ2v) is 6.94. The van der Waals surface area contributed by atoms with Gasteiger partial charge in [-0.3, -0.25) is 9.59 Å². The third-order valence-corrected chi connectivity index (χ3v) is 4.74. The topological polar surface area (TPSA) is 61.4 Å². The summed E-state index contributed by atoms with van der Waals surface area (Å²) in [5.74, 6) is -0.292. The molecule has 0 atom stereocenters. The normalized spacial score (nSPS) is 10.2. The lowest BCUT2D eigenvalue weighted by molar-refractivity contribution is -0.119. The quantitative estimate of drug-likeness (QED) is 0.521. The van der Waals surface area contributed by atoms with Crippen LogP contribution in [0.5, 0.6) is 0 Å². The summed E-state index contributed by atoms with van der Waals surface area (Å²) in [4.78, 5) is 26.4. The molecule has 0 aliphatic heterocycles. The van der Waals surface area contributed by atoms with E-state index in [1.54, 1.807) is 24.1 Å². The van der Waals surface area contributed by atoms with Crippen molar-refractivity contribution in [2.24, 2.45) is 0 Å². The highest BCUT2D eigenvalue weighted by molar-refractivity contribution is 7.80. The lowest BCUT2D eigenvalue weighted by Gasteiger charge is -2.23. The van der Waals surface area contributed by atoms with Crippen LogP contribution < -0.4 is 15.5 Å². The number of hydrogen-bond donors (Lipinski definition) is 2. The highest BCUT2D eigenvalue weighted by atomic mass is 32.1. The van der Waals surface area contributed by atoms with Gasteiger partial charge in [0.15, 0.2) is 5.11 Å². The van der Waals surface area contributed by atoms with Crippen molar-refractivity contribution < 1.29 is 9.59 Å². The van der Waals surface area contributed by atoms with Crippen molar-refractivity contribution in [2.45, 2.75) is 39.2 Å². The Bertz CT molecular complexity index is 808. The van der Waals surface area contributed by atoms with Gasteiger partial charge in [-0.15, -0.1) is 0 Å². The number of thiocarbonyl (C=S) groups is 1. The lowest BCUT2D eigenvalue weighted by atomic mass is 10.1. The molecule has 0 aliphatic rings. The molecule has 148 valence electrons. The van der Waals surface area contributed by atoms with Gasteiger partial charge in [0.25, 0.3) is 5.91 Å². The van der Waals surface area contributed by atoms with E-state index in [1.807, 2.05) is 42.5 Å². The van der Waals surface area contributed by atoms with Gasteiger partial charge in [0.1, 0.15) is 0 Å². The van der Waals surface area contributed by atoms with Crippen LogP contribution >= 0.6 is 12.2 Å². The summed E-state index contributed by atoms with van der Waals surface area (Å²) in [6.45, 7) is 2.53. The minimum Gasteiger partial charge on any atom is -0.348 e. The van der Waals surface area contributed by atoms with Crippen molar-refractivity contribution in [1.82, 2.24) is 10.6 Å². The average Bonchev–Trinajstić information content (AvgIpc) is 2.72. The van der Waals surface area contributed by atoms with Crippen LogP contribution in [-0.4, -0.2) is 24.0 Å². The molecule has 0 saturated heterocycles. The molecule has 6 heteroatoms. The maximum atomic E-state index is 12.7. The number of nitrogens with zero attached hydrogens (tertiary/aromatic N) is 1. The number of carbonyl (C=O) groups is 2. The second kappa shape index (κ2) is 11.2. The van der Waals surface area contributed by atoms with Crippen LogP contribution in [0.1, 0.15) is 48.5 Å². The first-order chi connectivity index (χ1) is 13.5. The number of nitrogens with one attached hydrogen (secondary N) is 2. The number of anilines is 1. The molecule has 0 spiro atoms. The maximum absolute atomic E-state index is 12.7. The Morgan fingerprint density at radius 3 is 2.39 bits per heavy atom. The summed E-state index contributed by atoms with van der Waals surface area (Å²) in [7, 11) is 1.75. The van der Waals surface area contributed by atoms with E-state index in [9.17, 15) is 9.59 Å². The fourth-order valence-electron chi connectivity index (χ4n) is 2.74. The van der Waals surface area contributed by atoms with E-state index >= 15 is 0 Å². The van der Waals surface area contributed by atoms with E-state index in [-0.39, 0.29) is 16.9 Å². The van der Waals surface area contributed by atoms with E-state index in [2.05, 4.69) is 17.6 Å². The molecule has 2 amide bonds. The maximum Gasteiger partial charge on any atom is 0.253 e. The molecule has 0 unspecified atom stereocenters. The lowest BCUT2D eigenvalue weighted by Crippen LogP contribution is -2.41. The zero-order chi connectivity index (χ0) is 20.4. The standard InChI is InChI=1S/C22H27N3O2S/c1-3-4-6-15-20(26)24-22(28)25(2)19-14-10-9-13-18(19)21(27)23-16-17-11-7-5-8-12-17/h5,7-14H,3-4,6,15-16H2,1-2H3,(H,23,27)(H,24,26,28). The Labute approximate surface area is 172 Å². The van der Waals surface area contributed by atoms with Crippen LogP contribution in [0.2, 0.25) is 0 Å². The zero-order valence-electron chi connectivity index (χ0n) is 16.4. The Kier molecular flexibility index (Phi) is 8.62. The average molecular weight is 398 g/mol. The Morgan fingerprint density at radius 2 is 1.68 bits per heavy atom. The van der Waals surface area contributed by atoms with Crippen molar-refractivity contribution in [3.63, 3.8) is 0 Å². The SMILES string of the molecule is CCCCCC(=O)NC(=S)N(C)c1ccccc1C(=O)NCc1ccccc1. The molecule has 2 rings (SSSR count). The smallest absolute Gasteiger partial charge is 0.253 e. The van der Waals surface area contributed by atoms with Crippen LogP contribution in [0.3, 0.4) is 0 Å². The van der Waals surface area contributed by atoms with Crippen molar-refractivity contribution in [3.8, 4) is 0 Å². The number of hydrogen-bond acceptors (Lipinski definition) is 3. The molecule has 5 nitrogen and oxygen atoms in total. The van der Waals surface area contributed by atoms with Crippen molar-refractivity contribution in [3.05, 3.63) is 65.7 Å². The van der Waals surface area contributed by atoms with Crippen LogP contribution in [0.4, 0.5) is 5.69 Å². The zero-order valence-corrected chi connectivity index (χ0v) is 17.2. The number of rotatable bonds is 8. The predicted molar refractivity (Wildman–Crippen MR) is 117 cm³/mol. The summed E-state index contributed by atoms with van der Waals surface area (Å²) < 4.78 is 0. The van der Waals surface area contributed by atoms with E-state index in [4.69, 9.17) is 12.2 Å². The van der Waals surface area contributed by atoms with Crippen molar-refractivity contribution in [2.75, 3.05) is 11.9 Å². The molecule has 2 aromatic rings. The molecular weight excluding hydrogens is 370 g/mol. The van der Waals surface area contributed by atoms with Crippen molar-refractivity contribution >= 4 is 34.8 Å². The minimum atomic E-state index is -0.191. The fraction of sp³-hybridized carbons (Fsp3) is 0.318. The number of unbranched alkanes of at least 4 members (excludes halogenated alkanes) is 2. The predicted octanol–water partition coefficient (Wildman–Crippen LogP) is 4.03. The number of carbonyl (C=O) groups excluding carboxylic acids is 2. The van der Waals surface area contributed by atoms with Gasteiger partial charge in [-0.05, 0) is 36.3 Å². The van der Waals surface area contributed by atoms with Gasteiger partial charge in [0.05, 0.1) is 11.3 Å². The molecule has 0 fully saturated rings. The van der Waals surface area contributed by atoms with Gasteiger partial charge in [0.2, 0.25) is 5.91 Å². The highest BCUT2D eigenvalue weighted by Gasteiger charge is 2.17. The van der Waals surface area contributed by atoms with Crippen molar-refractivity contribution in [1.29, 1.82) is 0 Å². The second-order valence-electron chi connectivity index (χ2n) is 6.55. The monoisotopic (exact) mass is 397 g/mol. The minimum absolute atomic E-state index is 0.101. The number of amides is 2. The third-order valence-electron chi connectivity index (χ3n) is 4.36.